The van der Waals surface area contributed by atoms with E-state index in [1.54, 1.807) is 0 Å². The lowest BCUT2D eigenvalue weighted by Gasteiger charge is -2.39. The number of rotatable bonds is 4. The van der Waals surface area contributed by atoms with Crippen molar-refractivity contribution in [3.8, 4) is 11.5 Å². The fraction of sp³-hybridized carbons (Fsp3) is 0.368. The van der Waals surface area contributed by atoms with Gasteiger partial charge in [0.1, 0.15) is 18.2 Å². The quantitative estimate of drug-likeness (QED) is 0.318. The maximum atomic E-state index is 6.21. The highest BCUT2D eigenvalue weighted by Crippen LogP contribution is 2.37. The molecule has 3 unspecified atom stereocenters. The summed E-state index contributed by atoms with van der Waals surface area (Å²) in [6.07, 6.45) is 14.7. The monoisotopic (exact) mass is 616 g/mol. The molecule has 3 aromatic carbocycles. The minimum Gasteiger partial charge on any atom is -0.477 e. The van der Waals surface area contributed by atoms with Crippen LogP contribution in [0.15, 0.2) is 96.8 Å². The summed E-state index contributed by atoms with van der Waals surface area (Å²) >= 11 is 0. The maximum absolute atomic E-state index is 6.21. The summed E-state index contributed by atoms with van der Waals surface area (Å²) in [5, 5.41) is 0. The third-order valence-corrected chi connectivity index (χ3v) is 10.3. The minimum absolute atomic E-state index is 0.182. The van der Waals surface area contributed by atoms with Crippen LogP contribution in [-0.2, 0) is 22.6 Å². The van der Waals surface area contributed by atoms with Gasteiger partial charge in [-0.05, 0) is 86.0 Å². The zero-order valence-electron chi connectivity index (χ0n) is 26.1. The van der Waals surface area contributed by atoms with E-state index in [4.69, 9.17) is 18.9 Å². The Morgan fingerprint density at radius 1 is 0.587 bits per heavy atom. The van der Waals surface area contributed by atoms with E-state index in [1.165, 1.54) is 41.1 Å². The number of fused-ring (bicyclic) bond motifs is 4. The third kappa shape index (κ3) is 5.24. The van der Waals surface area contributed by atoms with E-state index in [0.29, 0.717) is 38.8 Å². The van der Waals surface area contributed by atoms with Crippen molar-refractivity contribution in [1.29, 1.82) is 0 Å². The molecular formula is C38H40N4O4. The van der Waals surface area contributed by atoms with Gasteiger partial charge in [-0.25, -0.2) is 0 Å². The van der Waals surface area contributed by atoms with Crippen LogP contribution in [0.5, 0.6) is 11.5 Å². The fourth-order valence-corrected chi connectivity index (χ4v) is 7.62. The molecule has 6 aliphatic rings. The van der Waals surface area contributed by atoms with Crippen molar-refractivity contribution < 1.29 is 18.9 Å². The summed E-state index contributed by atoms with van der Waals surface area (Å²) in [5.74, 6) is 4.02. The molecule has 3 aromatic rings. The van der Waals surface area contributed by atoms with E-state index in [2.05, 4.69) is 111 Å². The van der Waals surface area contributed by atoms with E-state index in [0.717, 1.165) is 55.5 Å². The van der Waals surface area contributed by atoms with Gasteiger partial charge in [0, 0.05) is 71.9 Å². The van der Waals surface area contributed by atoms with Crippen LogP contribution < -0.4 is 29.1 Å². The second-order valence-electron chi connectivity index (χ2n) is 13.2. The number of benzene rings is 3. The highest BCUT2D eigenvalue weighted by atomic mass is 16.5. The number of allylic oxidation sites excluding steroid dienone is 3. The SMILES string of the molecule is C1=CC2CN(c3ccc4c(c3)CN(c3ccc(N5COc6ccc(N7COC8=CCCCC8C7)cc6C5)cc3)CO4)COC2C=C1. The van der Waals surface area contributed by atoms with Crippen LogP contribution in [0.4, 0.5) is 22.7 Å². The lowest BCUT2D eigenvalue weighted by molar-refractivity contribution is 0.0300. The van der Waals surface area contributed by atoms with E-state index >= 15 is 0 Å². The molecule has 4 heterocycles. The Balaban J connectivity index is 0.862. The van der Waals surface area contributed by atoms with Crippen molar-refractivity contribution in [3.63, 3.8) is 0 Å². The Morgan fingerprint density at radius 3 is 1.89 bits per heavy atom. The van der Waals surface area contributed by atoms with Crippen LogP contribution in [0.1, 0.15) is 30.4 Å². The van der Waals surface area contributed by atoms with Gasteiger partial charge in [0.05, 0.1) is 11.9 Å². The van der Waals surface area contributed by atoms with Crippen molar-refractivity contribution in [3.05, 3.63) is 108 Å². The van der Waals surface area contributed by atoms with Gasteiger partial charge < -0.3 is 38.5 Å². The number of nitrogens with zero attached hydrogens (tertiary/aromatic N) is 4. The smallest absolute Gasteiger partial charge is 0.161 e. The molecule has 2 fully saturated rings. The molecule has 2 saturated heterocycles. The van der Waals surface area contributed by atoms with E-state index in [9.17, 15) is 0 Å². The maximum Gasteiger partial charge on any atom is 0.161 e. The third-order valence-electron chi connectivity index (χ3n) is 10.3. The first-order chi connectivity index (χ1) is 22.7. The Morgan fingerprint density at radius 2 is 1.20 bits per heavy atom. The number of hydrogen-bond donors (Lipinski definition) is 0. The molecule has 0 spiro atoms. The van der Waals surface area contributed by atoms with Crippen molar-refractivity contribution >= 4 is 22.7 Å². The van der Waals surface area contributed by atoms with Crippen molar-refractivity contribution in [2.75, 3.05) is 59.6 Å². The summed E-state index contributed by atoms with van der Waals surface area (Å²) in [5.41, 5.74) is 7.08. The van der Waals surface area contributed by atoms with Gasteiger partial charge in [0.25, 0.3) is 0 Å². The van der Waals surface area contributed by atoms with Gasteiger partial charge in [-0.1, -0.05) is 24.3 Å². The van der Waals surface area contributed by atoms with Crippen LogP contribution in [-0.4, -0.2) is 46.1 Å². The number of ether oxygens (including phenoxy) is 4. The normalized spacial score (nSPS) is 24.9. The lowest BCUT2D eigenvalue weighted by atomic mass is 9.92. The van der Waals surface area contributed by atoms with Gasteiger partial charge >= 0.3 is 0 Å². The standard InChI is InChI=1S/C38H40N4O4/c1-3-7-35-27(5-1)19-41(25-43-35)33-13-15-37-29(17-33)21-39(23-45-37)31-9-11-32(12-10-31)40-22-30-18-34(14-16-38(30)46-24-40)42-20-28-6-2-4-8-36(28)44-26-42/h1,3,5,7-18,27-28,35H,2,4,6,19-26H2. The first kappa shape index (κ1) is 27.7. The predicted octanol–water partition coefficient (Wildman–Crippen LogP) is 6.78. The van der Waals surface area contributed by atoms with Gasteiger partial charge in [-0.15, -0.1) is 0 Å². The average molecular weight is 617 g/mol. The summed E-state index contributed by atoms with van der Waals surface area (Å²) in [6, 6.07) is 21.9. The Kier molecular flexibility index (Phi) is 7.03. The number of anilines is 4. The van der Waals surface area contributed by atoms with Gasteiger partial charge in [0.15, 0.2) is 20.2 Å². The molecule has 2 aliphatic carbocycles. The lowest BCUT2D eigenvalue weighted by Crippen LogP contribution is -2.44. The zero-order valence-corrected chi connectivity index (χ0v) is 26.1. The van der Waals surface area contributed by atoms with Crippen molar-refractivity contribution in [2.24, 2.45) is 11.8 Å². The predicted molar refractivity (Wildman–Crippen MR) is 180 cm³/mol. The molecule has 236 valence electrons. The van der Waals surface area contributed by atoms with Crippen LogP contribution in [0, 0.1) is 11.8 Å². The summed E-state index contributed by atoms with van der Waals surface area (Å²) < 4.78 is 24.7. The van der Waals surface area contributed by atoms with Crippen molar-refractivity contribution in [2.45, 2.75) is 38.5 Å². The van der Waals surface area contributed by atoms with Gasteiger partial charge in [0.2, 0.25) is 0 Å². The molecule has 0 N–H and O–H groups in total. The Hall–Kier alpha value is -4.56. The highest BCUT2D eigenvalue weighted by molar-refractivity contribution is 5.61. The molecule has 4 aliphatic heterocycles. The molecule has 0 aromatic heterocycles. The van der Waals surface area contributed by atoms with Crippen LogP contribution in [0.25, 0.3) is 0 Å². The molecule has 46 heavy (non-hydrogen) atoms. The molecule has 8 nitrogen and oxygen atoms in total. The molecule has 3 atom stereocenters. The van der Waals surface area contributed by atoms with E-state index in [-0.39, 0.29) is 6.10 Å². The van der Waals surface area contributed by atoms with Crippen molar-refractivity contribution in [1.82, 2.24) is 0 Å². The summed E-state index contributed by atoms with van der Waals surface area (Å²) in [6.45, 7) is 5.85. The summed E-state index contributed by atoms with van der Waals surface area (Å²) in [7, 11) is 0. The first-order valence-electron chi connectivity index (χ1n) is 16.6. The largest absolute Gasteiger partial charge is 0.477 e. The second kappa shape index (κ2) is 11.7. The molecular weight excluding hydrogens is 576 g/mol. The minimum atomic E-state index is 0.182. The first-order valence-corrected chi connectivity index (χ1v) is 16.6. The van der Waals surface area contributed by atoms with E-state index < -0.39 is 0 Å². The van der Waals surface area contributed by atoms with Gasteiger partial charge in [-0.3, -0.25) is 0 Å². The van der Waals surface area contributed by atoms with Gasteiger partial charge in [-0.2, -0.15) is 0 Å². The molecule has 0 amide bonds. The highest BCUT2D eigenvalue weighted by Gasteiger charge is 2.30. The van der Waals surface area contributed by atoms with E-state index in [1.807, 2.05) is 0 Å². The Labute approximate surface area is 270 Å². The second-order valence-corrected chi connectivity index (χ2v) is 13.2. The topological polar surface area (TPSA) is 49.9 Å². The van der Waals surface area contributed by atoms with Crippen LogP contribution in [0.3, 0.4) is 0 Å². The van der Waals surface area contributed by atoms with Crippen LogP contribution >= 0.6 is 0 Å². The molecule has 8 heteroatoms. The molecule has 0 bridgehead atoms. The average Bonchev–Trinajstić information content (AvgIpc) is 3.13. The molecule has 9 rings (SSSR count). The fourth-order valence-electron chi connectivity index (χ4n) is 7.62. The zero-order chi connectivity index (χ0) is 30.5. The summed E-state index contributed by atoms with van der Waals surface area (Å²) in [4.78, 5) is 9.27. The molecule has 0 saturated carbocycles. The number of hydrogen-bond acceptors (Lipinski definition) is 8. The Bertz CT molecular complexity index is 1610. The van der Waals surface area contributed by atoms with Crippen LogP contribution in [0.2, 0.25) is 0 Å². The molecule has 0 radical (unpaired) electrons.